The van der Waals surface area contributed by atoms with Gasteiger partial charge in [-0.15, -0.1) is 0 Å². The van der Waals surface area contributed by atoms with Crippen molar-refractivity contribution in [3.63, 3.8) is 0 Å². The molecule has 1 unspecified atom stereocenters. The lowest BCUT2D eigenvalue weighted by molar-refractivity contribution is 0.0947. The van der Waals surface area contributed by atoms with Gasteiger partial charge in [0.25, 0.3) is 5.56 Å². The molecule has 0 amide bonds. The lowest BCUT2D eigenvalue weighted by atomic mass is 10.2. The van der Waals surface area contributed by atoms with E-state index in [0.29, 0.717) is 24.9 Å². The maximum Gasteiger partial charge on any atom is 0.273 e. The van der Waals surface area contributed by atoms with E-state index in [2.05, 4.69) is 5.10 Å². The fraction of sp³-hybridized carbons (Fsp3) is 0.360. The molecule has 192 valence electrons. The first-order chi connectivity index (χ1) is 17.1. The van der Waals surface area contributed by atoms with Crippen LogP contribution >= 0.6 is 0 Å². The quantitative estimate of drug-likeness (QED) is 0.456. The first-order valence-electron chi connectivity index (χ1n) is 11.6. The van der Waals surface area contributed by atoms with Crippen LogP contribution in [0.5, 0.6) is 0 Å². The summed E-state index contributed by atoms with van der Waals surface area (Å²) in [4.78, 5) is 14.7. The summed E-state index contributed by atoms with van der Waals surface area (Å²) in [5.41, 5.74) is 0.861. The Kier molecular flexibility index (Phi) is 7.82. The average molecular weight is 519 g/mol. The van der Waals surface area contributed by atoms with Gasteiger partial charge in [0.2, 0.25) is 10.0 Å². The van der Waals surface area contributed by atoms with Crippen LogP contribution < -0.4 is 10.5 Å². The number of hydrogen-bond donors (Lipinski definition) is 0. The number of rotatable bonds is 8. The van der Waals surface area contributed by atoms with Gasteiger partial charge >= 0.3 is 0 Å². The predicted octanol–water partition coefficient (Wildman–Crippen LogP) is 2.96. The monoisotopic (exact) mass is 518 g/mol. The topological polar surface area (TPSA) is 84.7 Å². The molecule has 3 aromatic rings. The molecule has 0 spiro atoms. The van der Waals surface area contributed by atoms with Gasteiger partial charge in [-0.1, -0.05) is 30.3 Å². The van der Waals surface area contributed by atoms with Crippen molar-refractivity contribution in [2.24, 2.45) is 0 Å². The number of sulfonamides is 1. The normalized spacial score (nSPS) is 17.0. The third kappa shape index (κ3) is 5.80. The Morgan fingerprint density at radius 3 is 2.36 bits per heavy atom. The van der Waals surface area contributed by atoms with Crippen molar-refractivity contribution in [2.45, 2.75) is 31.7 Å². The number of halogens is 2. The van der Waals surface area contributed by atoms with E-state index < -0.39 is 32.5 Å². The maximum atomic E-state index is 13.6. The van der Waals surface area contributed by atoms with E-state index in [-0.39, 0.29) is 31.4 Å². The smallest absolute Gasteiger partial charge is 0.273 e. The lowest BCUT2D eigenvalue weighted by Gasteiger charge is -2.42. The first-order valence-corrected chi connectivity index (χ1v) is 13.1. The minimum atomic E-state index is -3.48. The van der Waals surface area contributed by atoms with Crippen LogP contribution in [0.2, 0.25) is 0 Å². The third-order valence-electron chi connectivity index (χ3n) is 6.03. The minimum absolute atomic E-state index is 0.0281. The molecule has 1 atom stereocenters. The molecule has 0 N–H and O–H groups in total. The summed E-state index contributed by atoms with van der Waals surface area (Å²) in [6.07, 6.45) is 1.43. The number of nitrogens with zero attached hydrogens (tertiary/aromatic N) is 4. The van der Waals surface area contributed by atoms with Gasteiger partial charge in [-0.25, -0.2) is 17.2 Å². The summed E-state index contributed by atoms with van der Waals surface area (Å²) in [7, 11) is -3.48. The van der Waals surface area contributed by atoms with E-state index >= 15 is 0 Å². The van der Waals surface area contributed by atoms with Crippen LogP contribution in [0.15, 0.2) is 65.6 Å². The number of hydrogen-bond acceptors (Lipinski definition) is 6. The Morgan fingerprint density at radius 2 is 1.72 bits per heavy atom. The highest BCUT2D eigenvalue weighted by Crippen LogP contribution is 2.23. The molecule has 1 fully saturated rings. The van der Waals surface area contributed by atoms with E-state index in [1.54, 1.807) is 13.8 Å². The molecule has 8 nitrogen and oxygen atoms in total. The summed E-state index contributed by atoms with van der Waals surface area (Å²) in [6.45, 7) is 4.61. The zero-order valence-electron chi connectivity index (χ0n) is 20.0. The lowest BCUT2D eigenvalue weighted by Crippen LogP contribution is -2.57. The van der Waals surface area contributed by atoms with Gasteiger partial charge in [-0.2, -0.15) is 14.1 Å². The molecule has 1 aromatic heterocycles. The number of benzene rings is 2. The van der Waals surface area contributed by atoms with Gasteiger partial charge < -0.3 is 9.64 Å². The highest BCUT2D eigenvalue weighted by molar-refractivity contribution is 7.89. The predicted molar refractivity (Wildman–Crippen MR) is 133 cm³/mol. The minimum Gasteiger partial charge on any atom is -0.375 e. The van der Waals surface area contributed by atoms with Gasteiger partial charge in [0.15, 0.2) is 0 Å². The zero-order valence-corrected chi connectivity index (χ0v) is 20.9. The van der Waals surface area contributed by atoms with E-state index in [4.69, 9.17) is 4.74 Å². The summed E-state index contributed by atoms with van der Waals surface area (Å²) in [5.74, 6) is -1.64. The third-order valence-corrected chi connectivity index (χ3v) is 8.27. The summed E-state index contributed by atoms with van der Waals surface area (Å²) in [5, 5.41) is 3.56. The Balaban J connectivity index is 1.58. The van der Waals surface area contributed by atoms with Gasteiger partial charge in [0.1, 0.15) is 11.6 Å². The molecular weight excluding hydrogens is 490 g/mol. The molecule has 1 aliphatic heterocycles. The Labute approximate surface area is 208 Å². The summed E-state index contributed by atoms with van der Waals surface area (Å²) >= 11 is 0. The summed E-state index contributed by atoms with van der Waals surface area (Å²) in [6, 6.07) is 13.3. The van der Waals surface area contributed by atoms with Crippen molar-refractivity contribution in [1.29, 1.82) is 0 Å². The summed E-state index contributed by atoms with van der Waals surface area (Å²) < 4.78 is 61.2. The van der Waals surface area contributed by atoms with Crippen molar-refractivity contribution in [3.8, 4) is 5.69 Å². The molecule has 0 radical (unpaired) electrons. The second kappa shape index (κ2) is 10.9. The number of piperazine rings is 1. The molecule has 0 saturated carbocycles. The highest BCUT2D eigenvalue weighted by atomic mass is 32.2. The van der Waals surface area contributed by atoms with Crippen LogP contribution in [0.1, 0.15) is 19.4 Å². The first kappa shape index (κ1) is 25.9. The number of aromatic nitrogens is 2. The van der Waals surface area contributed by atoms with Gasteiger partial charge in [-0.3, -0.25) is 4.79 Å². The van der Waals surface area contributed by atoms with E-state index in [9.17, 15) is 22.0 Å². The van der Waals surface area contributed by atoms with Crippen LogP contribution in [0.4, 0.5) is 14.5 Å². The average Bonchev–Trinajstić information content (AvgIpc) is 2.84. The molecule has 1 saturated heterocycles. The molecule has 2 heterocycles. The van der Waals surface area contributed by atoms with E-state index in [1.807, 2.05) is 35.2 Å². The molecule has 4 rings (SSSR count). The Morgan fingerprint density at radius 1 is 1.03 bits per heavy atom. The molecule has 36 heavy (non-hydrogen) atoms. The van der Waals surface area contributed by atoms with Gasteiger partial charge in [0.05, 0.1) is 42.1 Å². The SMILES string of the molecule is CC(C)S(=O)(=O)N1CCN(c2cnn(-c3cc(F)cc(F)c3)c(=O)c2)C(COCc2ccccc2)C1. The van der Waals surface area contributed by atoms with Crippen molar-refractivity contribution in [3.05, 3.63) is 88.3 Å². The fourth-order valence-electron chi connectivity index (χ4n) is 4.14. The van der Waals surface area contributed by atoms with Crippen LogP contribution in [-0.4, -0.2) is 60.0 Å². The largest absolute Gasteiger partial charge is 0.375 e. The standard InChI is InChI=1S/C25H28F2N4O4S/c1-18(2)36(33,34)29-8-9-30(24(15-29)17-35-16-19-6-4-3-5-7-19)23-13-25(32)31(28-14-23)22-11-20(26)10-21(27)12-22/h3-7,10-14,18,24H,8-9,15-17H2,1-2H3. The molecule has 11 heteroatoms. The van der Waals surface area contributed by atoms with E-state index in [1.165, 1.54) is 16.6 Å². The number of ether oxygens (including phenoxy) is 1. The molecule has 2 aromatic carbocycles. The van der Waals surface area contributed by atoms with E-state index in [0.717, 1.165) is 22.4 Å². The van der Waals surface area contributed by atoms with Crippen LogP contribution in [0.3, 0.4) is 0 Å². The second-order valence-corrected chi connectivity index (χ2v) is 11.4. The molecular formula is C25H28F2N4O4S. The van der Waals surface area contributed by atoms with Gasteiger partial charge in [-0.05, 0) is 31.5 Å². The van der Waals surface area contributed by atoms with Crippen LogP contribution in [0, 0.1) is 11.6 Å². The molecule has 1 aliphatic rings. The Bertz CT molecular complexity index is 1350. The van der Waals surface area contributed by atoms with Crippen molar-refractivity contribution >= 4 is 15.7 Å². The van der Waals surface area contributed by atoms with Crippen molar-refractivity contribution in [2.75, 3.05) is 31.1 Å². The fourth-order valence-corrected chi connectivity index (χ4v) is 5.45. The highest BCUT2D eigenvalue weighted by Gasteiger charge is 2.35. The molecule has 0 bridgehead atoms. The van der Waals surface area contributed by atoms with Crippen molar-refractivity contribution in [1.82, 2.24) is 14.1 Å². The molecule has 0 aliphatic carbocycles. The number of anilines is 1. The zero-order chi connectivity index (χ0) is 25.9. The van der Waals surface area contributed by atoms with Crippen molar-refractivity contribution < 1.29 is 21.9 Å². The van der Waals surface area contributed by atoms with Crippen LogP contribution in [0.25, 0.3) is 5.69 Å². The maximum absolute atomic E-state index is 13.6. The second-order valence-electron chi connectivity index (χ2n) is 8.89. The van der Waals surface area contributed by atoms with Gasteiger partial charge in [0, 0.05) is 31.8 Å². The Hall–Kier alpha value is -3.15. The van der Waals surface area contributed by atoms with Crippen LogP contribution in [-0.2, 0) is 21.4 Å².